The molecule has 0 amide bonds. The van der Waals surface area contributed by atoms with Gasteiger partial charge >= 0.3 is 0 Å². The van der Waals surface area contributed by atoms with Gasteiger partial charge in [-0.25, -0.2) is 0 Å². The zero-order valence-corrected chi connectivity index (χ0v) is 27.0. The third kappa shape index (κ3) is 3.75. The molecule has 0 aromatic heterocycles. The number of ketones is 1. The van der Waals surface area contributed by atoms with Crippen LogP contribution in [-0.2, 0) is 4.79 Å². The number of hydrogen-bond donors (Lipinski definition) is 0. The molecule has 0 spiro atoms. The number of carbonyl (C=O) groups is 1. The lowest BCUT2D eigenvalue weighted by atomic mass is 9.32. The van der Waals surface area contributed by atoms with Gasteiger partial charge in [-0.05, 0) is 144 Å². The molecular weight excluding hydrogens is 488 g/mol. The van der Waals surface area contributed by atoms with Gasteiger partial charge in [0.2, 0.25) is 0 Å². The van der Waals surface area contributed by atoms with E-state index in [1.165, 1.54) is 51.4 Å². The Morgan fingerprint density at radius 1 is 0.825 bits per heavy atom. The maximum absolute atomic E-state index is 14.1. The minimum absolute atomic E-state index is 0.157. The number of methoxy groups -OCH3 is 1. The quantitative estimate of drug-likeness (QED) is 0.354. The standard InChI is InChI=1S/C38H56O2/c1-24(2)28-16-18-35(5)20-21-37(7)29(32(28)35)14-15-31-36(6)23-26(22-25-10-12-27(40-9)13-11-25)33(39)34(3,4)30(36)17-19-38(31,37)8/h10-13,22,24,28-32H,14-21,23H2,1-9H3/b26-22-/t28-,29+,30-,31-,32+,35+,36-,37+,38-/m0/s1. The van der Waals surface area contributed by atoms with Gasteiger partial charge in [0, 0.05) is 5.41 Å². The molecule has 5 aliphatic carbocycles. The molecule has 1 aromatic rings. The molecule has 5 aliphatic rings. The SMILES string of the molecule is COc1ccc(/C=C2/C[C@@]3(C)[C@@H](CC[C@@]4(C)[C@H]3CC[C@@H]3[C@H]5[C@H](C(C)C)CC[C@]5(C)CC[C@]34C)C(C)(C)C2=O)cc1. The van der Waals surface area contributed by atoms with Crippen molar-refractivity contribution in [3.05, 3.63) is 35.4 Å². The van der Waals surface area contributed by atoms with E-state index in [9.17, 15) is 4.79 Å². The molecule has 1 aromatic carbocycles. The van der Waals surface area contributed by atoms with E-state index in [1.807, 2.05) is 12.1 Å². The highest BCUT2D eigenvalue weighted by molar-refractivity contribution is 6.04. The van der Waals surface area contributed by atoms with Crippen LogP contribution in [0, 0.1) is 62.6 Å². The molecule has 9 atom stereocenters. The molecule has 40 heavy (non-hydrogen) atoms. The Balaban J connectivity index is 1.38. The summed E-state index contributed by atoms with van der Waals surface area (Å²) in [5.74, 6) is 5.82. The minimum Gasteiger partial charge on any atom is -0.497 e. The first-order chi connectivity index (χ1) is 18.7. The summed E-state index contributed by atoms with van der Waals surface area (Å²) in [4.78, 5) is 14.1. The van der Waals surface area contributed by atoms with Gasteiger partial charge in [-0.2, -0.15) is 0 Å². The van der Waals surface area contributed by atoms with Crippen molar-refractivity contribution in [2.45, 2.75) is 113 Å². The molecule has 5 saturated carbocycles. The van der Waals surface area contributed by atoms with E-state index in [1.54, 1.807) is 7.11 Å². The average molecular weight is 545 g/mol. The largest absolute Gasteiger partial charge is 0.497 e. The van der Waals surface area contributed by atoms with E-state index in [2.05, 4.69) is 73.6 Å². The fraction of sp³-hybridized carbons (Fsp3) is 0.763. The van der Waals surface area contributed by atoms with Gasteiger partial charge in [0.25, 0.3) is 0 Å². The molecule has 0 saturated heterocycles. The fourth-order valence-corrected chi connectivity index (χ4v) is 12.6. The zero-order chi connectivity index (χ0) is 28.9. The molecule has 0 aliphatic heterocycles. The number of fused-ring (bicyclic) bond motifs is 7. The molecule has 2 heteroatoms. The van der Waals surface area contributed by atoms with E-state index >= 15 is 0 Å². The lowest BCUT2D eigenvalue weighted by Crippen LogP contribution is -2.66. The summed E-state index contributed by atoms with van der Waals surface area (Å²) in [6.07, 6.45) is 14.1. The van der Waals surface area contributed by atoms with Crippen LogP contribution in [-0.4, -0.2) is 12.9 Å². The van der Waals surface area contributed by atoms with Crippen LogP contribution in [0.1, 0.15) is 119 Å². The molecule has 6 rings (SSSR count). The second-order valence-electron chi connectivity index (χ2n) is 17.0. The predicted octanol–water partition coefficient (Wildman–Crippen LogP) is 10.0. The number of benzene rings is 1. The van der Waals surface area contributed by atoms with Crippen molar-refractivity contribution in [3.8, 4) is 5.75 Å². The smallest absolute Gasteiger partial charge is 0.164 e. The number of carbonyl (C=O) groups excluding carboxylic acids is 1. The summed E-state index contributed by atoms with van der Waals surface area (Å²) in [6.45, 7) is 20.3. The second kappa shape index (κ2) is 9.21. The first kappa shape index (κ1) is 28.5. The lowest BCUT2D eigenvalue weighted by molar-refractivity contribution is -0.230. The Morgan fingerprint density at radius 2 is 1.52 bits per heavy atom. The monoisotopic (exact) mass is 544 g/mol. The summed E-state index contributed by atoms with van der Waals surface area (Å²) in [5, 5.41) is 0. The van der Waals surface area contributed by atoms with Gasteiger partial charge in [0.15, 0.2) is 5.78 Å². The lowest BCUT2D eigenvalue weighted by Gasteiger charge is -2.72. The normalized spacial score (nSPS) is 46.9. The molecule has 0 unspecified atom stereocenters. The van der Waals surface area contributed by atoms with Crippen LogP contribution in [0.25, 0.3) is 6.08 Å². The second-order valence-corrected chi connectivity index (χ2v) is 17.0. The topological polar surface area (TPSA) is 26.3 Å². The summed E-state index contributed by atoms with van der Waals surface area (Å²) in [6, 6.07) is 8.23. The highest BCUT2D eigenvalue weighted by Gasteiger charge is 2.70. The number of allylic oxidation sites excluding steroid dienone is 1. The maximum atomic E-state index is 14.1. The van der Waals surface area contributed by atoms with E-state index in [4.69, 9.17) is 4.74 Å². The molecule has 0 heterocycles. The Hall–Kier alpha value is -1.57. The van der Waals surface area contributed by atoms with Crippen LogP contribution in [0.4, 0.5) is 0 Å². The van der Waals surface area contributed by atoms with Gasteiger partial charge < -0.3 is 4.74 Å². The van der Waals surface area contributed by atoms with Crippen LogP contribution in [0.15, 0.2) is 29.8 Å². The average Bonchev–Trinajstić information content (AvgIpc) is 3.26. The number of Topliss-reactive ketones (excluding diaryl/α,β-unsaturated/α-hetero) is 1. The zero-order valence-electron chi connectivity index (χ0n) is 27.0. The molecule has 0 bridgehead atoms. The summed E-state index contributed by atoms with van der Waals surface area (Å²) in [7, 11) is 1.71. The first-order valence-corrected chi connectivity index (χ1v) is 16.6. The van der Waals surface area contributed by atoms with Crippen molar-refractivity contribution in [1.29, 1.82) is 0 Å². The van der Waals surface area contributed by atoms with E-state index < -0.39 is 0 Å². The van der Waals surface area contributed by atoms with Gasteiger partial charge in [-0.15, -0.1) is 0 Å². The summed E-state index contributed by atoms with van der Waals surface area (Å²) in [5.41, 5.74) is 3.30. The van der Waals surface area contributed by atoms with Crippen molar-refractivity contribution in [3.63, 3.8) is 0 Å². The van der Waals surface area contributed by atoms with Crippen LogP contribution < -0.4 is 4.74 Å². The predicted molar refractivity (Wildman–Crippen MR) is 166 cm³/mol. The molecule has 2 nitrogen and oxygen atoms in total. The molecule has 5 fully saturated rings. The Bertz CT molecular complexity index is 1190. The first-order valence-electron chi connectivity index (χ1n) is 16.6. The maximum Gasteiger partial charge on any atom is 0.164 e. The number of hydrogen-bond acceptors (Lipinski definition) is 2. The van der Waals surface area contributed by atoms with Gasteiger partial charge in [-0.3, -0.25) is 4.79 Å². The third-order valence-corrected chi connectivity index (χ3v) is 14.8. The summed E-state index contributed by atoms with van der Waals surface area (Å²) >= 11 is 0. The number of rotatable bonds is 3. The Morgan fingerprint density at radius 3 is 2.17 bits per heavy atom. The van der Waals surface area contributed by atoms with Crippen molar-refractivity contribution >= 4 is 11.9 Å². The van der Waals surface area contributed by atoms with E-state index in [-0.39, 0.29) is 10.8 Å². The van der Waals surface area contributed by atoms with Crippen LogP contribution in [0.5, 0.6) is 5.75 Å². The van der Waals surface area contributed by atoms with Crippen LogP contribution >= 0.6 is 0 Å². The van der Waals surface area contributed by atoms with Crippen molar-refractivity contribution in [2.75, 3.05) is 7.11 Å². The molecule has 220 valence electrons. The summed E-state index contributed by atoms with van der Waals surface area (Å²) < 4.78 is 5.39. The Labute approximate surface area is 245 Å². The third-order valence-electron chi connectivity index (χ3n) is 14.8. The van der Waals surface area contributed by atoms with Crippen molar-refractivity contribution < 1.29 is 9.53 Å². The fourth-order valence-electron chi connectivity index (χ4n) is 12.6. The van der Waals surface area contributed by atoms with Gasteiger partial charge in [0.05, 0.1) is 7.11 Å². The Kier molecular flexibility index (Phi) is 6.57. The van der Waals surface area contributed by atoms with Gasteiger partial charge in [-0.1, -0.05) is 67.5 Å². The molecular formula is C38H56O2. The molecule has 0 N–H and O–H groups in total. The number of ether oxygens (including phenoxy) is 1. The highest BCUT2D eigenvalue weighted by Crippen LogP contribution is 2.77. The van der Waals surface area contributed by atoms with Crippen molar-refractivity contribution in [2.24, 2.45) is 62.6 Å². The van der Waals surface area contributed by atoms with Gasteiger partial charge in [0.1, 0.15) is 5.75 Å². The minimum atomic E-state index is -0.316. The molecule has 0 radical (unpaired) electrons. The van der Waals surface area contributed by atoms with E-state index in [0.29, 0.717) is 33.9 Å². The van der Waals surface area contributed by atoms with Crippen LogP contribution in [0.2, 0.25) is 0 Å². The van der Waals surface area contributed by atoms with Crippen molar-refractivity contribution in [1.82, 2.24) is 0 Å². The van der Waals surface area contributed by atoms with Crippen LogP contribution in [0.3, 0.4) is 0 Å². The van der Waals surface area contributed by atoms with E-state index in [0.717, 1.165) is 47.0 Å². The highest BCUT2D eigenvalue weighted by atomic mass is 16.5.